The predicted molar refractivity (Wildman–Crippen MR) is 76.5 cm³/mol. The van der Waals surface area contributed by atoms with E-state index in [0.717, 1.165) is 36.1 Å². The molecule has 0 aromatic heterocycles. The van der Waals surface area contributed by atoms with Crippen LogP contribution in [0.3, 0.4) is 0 Å². The van der Waals surface area contributed by atoms with Gasteiger partial charge in [0.1, 0.15) is 5.75 Å². The fourth-order valence-corrected chi connectivity index (χ4v) is 2.82. The second-order valence-corrected chi connectivity index (χ2v) is 5.44. The van der Waals surface area contributed by atoms with Crippen molar-refractivity contribution < 1.29 is 9.47 Å². The number of benzene rings is 1. The van der Waals surface area contributed by atoms with E-state index in [2.05, 4.69) is 5.32 Å². The van der Waals surface area contributed by atoms with E-state index >= 15 is 0 Å². The number of hydrogen-bond donors (Lipinski definition) is 2. The van der Waals surface area contributed by atoms with Crippen LogP contribution < -0.4 is 15.8 Å². The molecule has 2 aliphatic rings. The smallest absolute Gasteiger partial charge is 0.123 e. The third-order valence-corrected chi connectivity index (χ3v) is 3.81. The molecular weight excluding hydrogens is 240 g/mol. The largest absolute Gasteiger partial charge is 0.494 e. The molecule has 1 aromatic carbocycles. The minimum Gasteiger partial charge on any atom is -0.494 e. The summed E-state index contributed by atoms with van der Waals surface area (Å²) in [6.07, 6.45) is 4.06. The fraction of sp³-hybridized carbons (Fsp3) is 0.600. The topological polar surface area (TPSA) is 56.5 Å². The highest BCUT2D eigenvalue weighted by molar-refractivity contribution is 5.59. The molecule has 19 heavy (non-hydrogen) atoms. The van der Waals surface area contributed by atoms with E-state index < -0.39 is 0 Å². The molecule has 0 bridgehead atoms. The van der Waals surface area contributed by atoms with Gasteiger partial charge in [-0.05, 0) is 38.2 Å². The normalized spacial score (nSPS) is 26.4. The molecule has 0 spiro atoms. The maximum absolute atomic E-state index is 5.92. The van der Waals surface area contributed by atoms with Crippen molar-refractivity contribution in [1.29, 1.82) is 0 Å². The molecule has 1 aromatic rings. The van der Waals surface area contributed by atoms with E-state index in [1.807, 2.05) is 25.1 Å². The summed E-state index contributed by atoms with van der Waals surface area (Å²) in [7, 11) is 0. The van der Waals surface area contributed by atoms with Gasteiger partial charge in [-0.2, -0.15) is 0 Å². The Morgan fingerprint density at radius 2 is 2.16 bits per heavy atom. The van der Waals surface area contributed by atoms with Crippen LogP contribution >= 0.6 is 0 Å². The molecule has 1 aliphatic carbocycles. The zero-order chi connectivity index (χ0) is 13.2. The molecule has 1 saturated heterocycles. The fourth-order valence-electron chi connectivity index (χ4n) is 2.82. The Kier molecular flexibility index (Phi) is 3.51. The Labute approximate surface area is 114 Å². The number of nitrogens with one attached hydrogen (secondary N) is 1. The summed E-state index contributed by atoms with van der Waals surface area (Å²) >= 11 is 0. The van der Waals surface area contributed by atoms with E-state index in [1.165, 1.54) is 12.8 Å². The molecule has 2 fully saturated rings. The highest BCUT2D eigenvalue weighted by Crippen LogP contribution is 2.39. The van der Waals surface area contributed by atoms with Crippen molar-refractivity contribution in [2.75, 3.05) is 24.3 Å². The second-order valence-electron chi connectivity index (χ2n) is 5.44. The highest BCUT2D eigenvalue weighted by atomic mass is 16.5. The lowest BCUT2D eigenvalue weighted by atomic mass is 10.1. The molecule has 1 aliphatic heterocycles. The van der Waals surface area contributed by atoms with Crippen molar-refractivity contribution >= 4 is 11.4 Å². The van der Waals surface area contributed by atoms with Crippen LogP contribution in [0, 0.1) is 5.92 Å². The molecule has 4 nitrogen and oxygen atoms in total. The molecule has 0 amide bonds. The molecule has 2 atom stereocenters. The predicted octanol–water partition coefficient (Wildman–Crippen LogP) is 2.65. The van der Waals surface area contributed by atoms with E-state index in [-0.39, 0.29) is 0 Å². The average molecular weight is 262 g/mol. The highest BCUT2D eigenvalue weighted by Gasteiger charge is 2.40. The summed E-state index contributed by atoms with van der Waals surface area (Å²) in [6.45, 7) is 3.49. The molecule has 1 saturated carbocycles. The third kappa shape index (κ3) is 2.95. The first-order valence-corrected chi connectivity index (χ1v) is 7.18. The van der Waals surface area contributed by atoms with Gasteiger partial charge < -0.3 is 20.5 Å². The maximum Gasteiger partial charge on any atom is 0.123 e. The van der Waals surface area contributed by atoms with Crippen molar-refractivity contribution in [3.8, 4) is 5.75 Å². The molecule has 104 valence electrons. The van der Waals surface area contributed by atoms with E-state index in [0.29, 0.717) is 18.8 Å². The summed E-state index contributed by atoms with van der Waals surface area (Å²) in [4.78, 5) is 0. The van der Waals surface area contributed by atoms with Gasteiger partial charge in [-0.1, -0.05) is 0 Å². The van der Waals surface area contributed by atoms with Crippen LogP contribution in [0.1, 0.15) is 26.2 Å². The van der Waals surface area contributed by atoms with Crippen molar-refractivity contribution in [1.82, 2.24) is 0 Å². The lowest BCUT2D eigenvalue weighted by Gasteiger charge is -2.21. The molecule has 3 rings (SSSR count). The van der Waals surface area contributed by atoms with Gasteiger partial charge in [-0.25, -0.2) is 0 Å². The van der Waals surface area contributed by atoms with Gasteiger partial charge in [-0.3, -0.25) is 0 Å². The zero-order valence-corrected chi connectivity index (χ0v) is 11.4. The van der Waals surface area contributed by atoms with Crippen LogP contribution in [0.2, 0.25) is 0 Å². The van der Waals surface area contributed by atoms with Crippen molar-refractivity contribution in [3.63, 3.8) is 0 Å². The maximum atomic E-state index is 5.92. The van der Waals surface area contributed by atoms with Gasteiger partial charge >= 0.3 is 0 Å². The summed E-state index contributed by atoms with van der Waals surface area (Å²) in [5.41, 5.74) is 7.68. The first-order chi connectivity index (χ1) is 9.26. The Hall–Kier alpha value is -1.42. The minimum absolute atomic E-state index is 0.372. The molecule has 0 radical (unpaired) electrons. The van der Waals surface area contributed by atoms with Gasteiger partial charge in [0.15, 0.2) is 0 Å². The Balaban J connectivity index is 1.71. The first-order valence-electron chi connectivity index (χ1n) is 7.18. The Bertz CT molecular complexity index is 446. The summed E-state index contributed by atoms with van der Waals surface area (Å²) in [6, 6.07) is 6.24. The molecular formula is C15H22N2O2. The van der Waals surface area contributed by atoms with Gasteiger partial charge in [0.05, 0.1) is 18.8 Å². The Morgan fingerprint density at radius 3 is 2.89 bits per heavy atom. The van der Waals surface area contributed by atoms with E-state index in [1.54, 1.807) is 0 Å². The third-order valence-electron chi connectivity index (χ3n) is 3.81. The zero-order valence-electron chi connectivity index (χ0n) is 11.4. The molecule has 3 N–H and O–H groups in total. The van der Waals surface area contributed by atoms with Crippen LogP contribution in [0.15, 0.2) is 18.2 Å². The molecule has 2 unspecified atom stereocenters. The van der Waals surface area contributed by atoms with Gasteiger partial charge in [0.25, 0.3) is 0 Å². The number of hydrogen-bond acceptors (Lipinski definition) is 4. The lowest BCUT2D eigenvalue weighted by molar-refractivity contribution is 0.0898. The average Bonchev–Trinajstić information content (AvgIpc) is 3.10. The van der Waals surface area contributed by atoms with Crippen LogP contribution in [-0.4, -0.2) is 25.4 Å². The monoisotopic (exact) mass is 262 g/mol. The molecule has 4 heteroatoms. The van der Waals surface area contributed by atoms with Crippen LogP contribution in [0.4, 0.5) is 11.4 Å². The van der Waals surface area contributed by atoms with E-state index in [9.17, 15) is 0 Å². The summed E-state index contributed by atoms with van der Waals surface area (Å²) < 4.78 is 11.4. The second kappa shape index (κ2) is 5.29. The van der Waals surface area contributed by atoms with Crippen molar-refractivity contribution in [2.24, 2.45) is 5.92 Å². The van der Waals surface area contributed by atoms with Crippen LogP contribution in [-0.2, 0) is 4.74 Å². The first kappa shape index (κ1) is 12.6. The van der Waals surface area contributed by atoms with Gasteiger partial charge in [0, 0.05) is 30.1 Å². The van der Waals surface area contributed by atoms with Crippen molar-refractivity contribution in [3.05, 3.63) is 18.2 Å². The Morgan fingerprint density at radius 1 is 1.32 bits per heavy atom. The number of ether oxygens (including phenoxy) is 2. The number of anilines is 2. The minimum atomic E-state index is 0.372. The SMILES string of the molecule is CCOc1cc(N)cc(NC2CCOC2C2CC2)c1. The summed E-state index contributed by atoms with van der Waals surface area (Å²) in [5.74, 6) is 1.58. The van der Waals surface area contributed by atoms with Gasteiger partial charge in [-0.15, -0.1) is 0 Å². The quantitative estimate of drug-likeness (QED) is 0.801. The van der Waals surface area contributed by atoms with E-state index in [4.69, 9.17) is 15.2 Å². The van der Waals surface area contributed by atoms with Crippen LogP contribution in [0.5, 0.6) is 5.75 Å². The van der Waals surface area contributed by atoms with Crippen molar-refractivity contribution in [2.45, 2.75) is 38.3 Å². The van der Waals surface area contributed by atoms with Crippen LogP contribution in [0.25, 0.3) is 0 Å². The number of nitrogen functional groups attached to an aromatic ring is 1. The lowest BCUT2D eigenvalue weighted by Crippen LogP contribution is -2.30. The van der Waals surface area contributed by atoms with Gasteiger partial charge in [0.2, 0.25) is 0 Å². The number of nitrogens with two attached hydrogens (primary N) is 1. The number of rotatable bonds is 5. The standard InChI is InChI=1S/C15H22N2O2/c1-2-18-13-8-11(16)7-12(9-13)17-14-5-6-19-15(14)10-3-4-10/h7-10,14-15,17H,2-6,16H2,1H3. The molecule has 1 heterocycles. The summed E-state index contributed by atoms with van der Waals surface area (Å²) in [5, 5.41) is 3.57.